The Labute approximate surface area is 147 Å². The van der Waals surface area contributed by atoms with Crippen LogP contribution in [-0.4, -0.2) is 36.1 Å². The van der Waals surface area contributed by atoms with Gasteiger partial charge >= 0.3 is 0 Å². The number of ether oxygens (including phenoxy) is 2. The number of nitrogens with zero attached hydrogens (tertiary/aromatic N) is 3. The van der Waals surface area contributed by atoms with Gasteiger partial charge in [-0.3, -0.25) is 9.78 Å². The molecule has 6 heteroatoms. The van der Waals surface area contributed by atoms with Crippen LogP contribution < -0.4 is 9.47 Å². The van der Waals surface area contributed by atoms with E-state index in [1.165, 1.54) is 0 Å². The number of benzene rings is 1. The zero-order valence-corrected chi connectivity index (χ0v) is 14.4. The summed E-state index contributed by atoms with van der Waals surface area (Å²) in [5, 5.41) is 8.88. The van der Waals surface area contributed by atoms with Crippen molar-refractivity contribution in [3.05, 3.63) is 53.9 Å². The molecule has 0 atom stereocenters. The molecule has 1 aromatic carbocycles. The van der Waals surface area contributed by atoms with Crippen molar-refractivity contribution in [2.24, 2.45) is 0 Å². The number of amides is 1. The number of carbonyl (C=O) groups is 1. The first-order valence-corrected chi connectivity index (χ1v) is 8.05. The SMILES string of the molecule is CCOc1cc(C(=O)N(CCC#N)Cc2cccnc2)ccc1OC. The van der Waals surface area contributed by atoms with Gasteiger partial charge in [-0.15, -0.1) is 0 Å². The van der Waals surface area contributed by atoms with E-state index in [1.54, 1.807) is 42.6 Å². The van der Waals surface area contributed by atoms with Gasteiger partial charge in [0.2, 0.25) is 0 Å². The zero-order chi connectivity index (χ0) is 18.1. The predicted molar refractivity (Wildman–Crippen MR) is 93.4 cm³/mol. The first-order valence-electron chi connectivity index (χ1n) is 8.05. The number of pyridine rings is 1. The van der Waals surface area contributed by atoms with Crippen LogP contribution in [0.15, 0.2) is 42.7 Å². The number of methoxy groups -OCH3 is 1. The zero-order valence-electron chi connectivity index (χ0n) is 14.4. The molecule has 0 unspecified atom stereocenters. The highest BCUT2D eigenvalue weighted by Gasteiger charge is 2.18. The van der Waals surface area contributed by atoms with Crippen molar-refractivity contribution in [2.45, 2.75) is 19.9 Å². The maximum absolute atomic E-state index is 12.9. The summed E-state index contributed by atoms with van der Waals surface area (Å²) in [6.45, 7) is 3.09. The third kappa shape index (κ3) is 4.95. The third-order valence-electron chi connectivity index (χ3n) is 3.59. The fourth-order valence-electron chi connectivity index (χ4n) is 2.41. The van der Waals surface area contributed by atoms with Crippen LogP contribution in [0.2, 0.25) is 0 Å². The van der Waals surface area contributed by atoms with E-state index in [0.29, 0.717) is 36.8 Å². The van der Waals surface area contributed by atoms with Crippen LogP contribution in [-0.2, 0) is 6.54 Å². The molecule has 6 nitrogen and oxygen atoms in total. The molecule has 1 heterocycles. The minimum atomic E-state index is -0.164. The summed E-state index contributed by atoms with van der Waals surface area (Å²) in [4.78, 5) is 18.6. The van der Waals surface area contributed by atoms with Crippen molar-refractivity contribution in [3.8, 4) is 17.6 Å². The molecule has 2 rings (SSSR count). The summed E-state index contributed by atoms with van der Waals surface area (Å²) in [6, 6.07) is 10.9. The Morgan fingerprint density at radius 2 is 2.16 bits per heavy atom. The Morgan fingerprint density at radius 1 is 1.32 bits per heavy atom. The van der Waals surface area contributed by atoms with E-state index in [9.17, 15) is 4.79 Å². The number of hydrogen-bond donors (Lipinski definition) is 0. The number of rotatable bonds is 8. The van der Waals surface area contributed by atoms with Crippen LogP contribution in [0.5, 0.6) is 11.5 Å². The molecule has 1 aromatic heterocycles. The number of carbonyl (C=O) groups excluding carboxylic acids is 1. The van der Waals surface area contributed by atoms with Crippen LogP contribution in [0.4, 0.5) is 0 Å². The third-order valence-corrected chi connectivity index (χ3v) is 3.59. The first kappa shape index (κ1) is 18.3. The van der Waals surface area contributed by atoms with Crippen LogP contribution in [0.1, 0.15) is 29.3 Å². The van der Waals surface area contributed by atoms with E-state index in [-0.39, 0.29) is 12.3 Å². The fourth-order valence-corrected chi connectivity index (χ4v) is 2.41. The second-order valence-electron chi connectivity index (χ2n) is 5.29. The van der Waals surface area contributed by atoms with Gasteiger partial charge in [0.15, 0.2) is 11.5 Å². The number of hydrogen-bond acceptors (Lipinski definition) is 5. The van der Waals surface area contributed by atoms with Gasteiger partial charge in [0, 0.05) is 31.0 Å². The topological polar surface area (TPSA) is 75.5 Å². The van der Waals surface area contributed by atoms with Gasteiger partial charge < -0.3 is 14.4 Å². The van der Waals surface area contributed by atoms with E-state index >= 15 is 0 Å². The Balaban J connectivity index is 2.26. The van der Waals surface area contributed by atoms with Gasteiger partial charge in [0.05, 0.1) is 26.2 Å². The standard InChI is InChI=1S/C19H21N3O3/c1-3-25-18-12-16(7-8-17(18)24-2)19(23)22(11-5-9-20)14-15-6-4-10-21-13-15/h4,6-8,10,12-13H,3,5,11,14H2,1-2H3. The molecule has 25 heavy (non-hydrogen) atoms. The van der Waals surface area contributed by atoms with Gasteiger partial charge in [-0.05, 0) is 36.8 Å². The maximum Gasteiger partial charge on any atom is 0.254 e. The summed E-state index contributed by atoms with van der Waals surface area (Å²) >= 11 is 0. The number of nitriles is 1. The summed E-state index contributed by atoms with van der Waals surface area (Å²) in [5.74, 6) is 0.939. The highest BCUT2D eigenvalue weighted by atomic mass is 16.5. The summed E-state index contributed by atoms with van der Waals surface area (Å²) in [6.07, 6.45) is 3.66. The quantitative estimate of drug-likeness (QED) is 0.739. The lowest BCUT2D eigenvalue weighted by Gasteiger charge is -2.22. The van der Waals surface area contributed by atoms with Gasteiger partial charge in [-0.1, -0.05) is 6.07 Å². The lowest BCUT2D eigenvalue weighted by Crippen LogP contribution is -2.31. The molecule has 0 saturated heterocycles. The van der Waals surface area contributed by atoms with Gasteiger partial charge in [0.1, 0.15) is 0 Å². The number of aromatic nitrogens is 1. The first-order chi connectivity index (χ1) is 12.2. The molecule has 2 aromatic rings. The maximum atomic E-state index is 12.9. The van der Waals surface area contributed by atoms with E-state index in [2.05, 4.69) is 11.1 Å². The van der Waals surface area contributed by atoms with Crippen molar-refractivity contribution in [1.82, 2.24) is 9.88 Å². The van der Waals surface area contributed by atoms with E-state index < -0.39 is 0 Å². The van der Waals surface area contributed by atoms with Crippen LogP contribution in [0.3, 0.4) is 0 Å². The fraction of sp³-hybridized carbons (Fsp3) is 0.316. The smallest absolute Gasteiger partial charge is 0.254 e. The highest BCUT2D eigenvalue weighted by molar-refractivity contribution is 5.95. The lowest BCUT2D eigenvalue weighted by atomic mass is 10.1. The van der Waals surface area contributed by atoms with Crippen LogP contribution in [0.25, 0.3) is 0 Å². The molecular formula is C19H21N3O3. The van der Waals surface area contributed by atoms with E-state index in [4.69, 9.17) is 14.7 Å². The molecule has 130 valence electrons. The Bertz CT molecular complexity index is 741. The summed E-state index contributed by atoms with van der Waals surface area (Å²) in [5.41, 5.74) is 1.40. The molecule has 0 fully saturated rings. The second kappa shape index (κ2) is 9.28. The van der Waals surface area contributed by atoms with Crippen molar-refractivity contribution in [2.75, 3.05) is 20.3 Å². The van der Waals surface area contributed by atoms with Crippen LogP contribution >= 0.6 is 0 Å². The average Bonchev–Trinajstić information content (AvgIpc) is 2.65. The molecule has 0 spiro atoms. The van der Waals surface area contributed by atoms with Crippen molar-refractivity contribution < 1.29 is 14.3 Å². The van der Waals surface area contributed by atoms with Crippen molar-refractivity contribution >= 4 is 5.91 Å². The van der Waals surface area contributed by atoms with Gasteiger partial charge in [0.25, 0.3) is 5.91 Å². The second-order valence-corrected chi connectivity index (χ2v) is 5.29. The summed E-state index contributed by atoms with van der Waals surface area (Å²) in [7, 11) is 1.56. The monoisotopic (exact) mass is 339 g/mol. The Hall–Kier alpha value is -3.07. The minimum Gasteiger partial charge on any atom is -0.493 e. The largest absolute Gasteiger partial charge is 0.493 e. The van der Waals surface area contributed by atoms with E-state index in [0.717, 1.165) is 5.56 Å². The predicted octanol–water partition coefficient (Wildman–Crippen LogP) is 3.04. The normalized spacial score (nSPS) is 9.96. The lowest BCUT2D eigenvalue weighted by molar-refractivity contribution is 0.0746. The molecule has 0 aliphatic heterocycles. The molecule has 0 N–H and O–H groups in total. The average molecular weight is 339 g/mol. The molecule has 1 amide bonds. The van der Waals surface area contributed by atoms with Gasteiger partial charge in [-0.25, -0.2) is 0 Å². The van der Waals surface area contributed by atoms with E-state index in [1.807, 2.05) is 19.1 Å². The molecule has 0 bridgehead atoms. The molecule has 0 aliphatic rings. The molecule has 0 radical (unpaired) electrons. The van der Waals surface area contributed by atoms with Crippen molar-refractivity contribution in [1.29, 1.82) is 5.26 Å². The Morgan fingerprint density at radius 3 is 2.80 bits per heavy atom. The molecule has 0 aliphatic carbocycles. The van der Waals surface area contributed by atoms with Crippen molar-refractivity contribution in [3.63, 3.8) is 0 Å². The molecule has 0 saturated carbocycles. The molecular weight excluding hydrogens is 318 g/mol. The van der Waals surface area contributed by atoms with Crippen LogP contribution in [0, 0.1) is 11.3 Å². The summed E-state index contributed by atoms with van der Waals surface area (Å²) < 4.78 is 10.8. The van der Waals surface area contributed by atoms with Gasteiger partial charge in [-0.2, -0.15) is 5.26 Å². The Kier molecular flexibility index (Phi) is 6.78. The minimum absolute atomic E-state index is 0.164. The highest BCUT2D eigenvalue weighted by Crippen LogP contribution is 2.28.